The summed E-state index contributed by atoms with van der Waals surface area (Å²) in [6.45, 7) is -0.685. The van der Waals surface area contributed by atoms with Crippen LogP contribution in [0.4, 0.5) is 0 Å². The van der Waals surface area contributed by atoms with Gasteiger partial charge in [-0.25, -0.2) is 27.8 Å². The molecule has 0 saturated carbocycles. The van der Waals surface area contributed by atoms with Crippen molar-refractivity contribution in [3.63, 3.8) is 0 Å². The van der Waals surface area contributed by atoms with E-state index in [-0.39, 0.29) is 16.7 Å². The maximum atomic E-state index is 13.9. The van der Waals surface area contributed by atoms with E-state index in [9.17, 15) is 27.9 Å². The van der Waals surface area contributed by atoms with Gasteiger partial charge in [-0.2, -0.15) is 0 Å². The molecule has 2 heterocycles. The average Bonchev–Trinajstić information content (AvgIpc) is 3.66. The summed E-state index contributed by atoms with van der Waals surface area (Å²) in [4.78, 5) is 45.0. The highest BCUT2D eigenvalue weighted by atomic mass is 32.2. The Hall–Kier alpha value is -4.85. The molecule has 4 aromatic rings. The zero-order chi connectivity index (χ0) is 29.7. The molecule has 1 aromatic heterocycles. The van der Waals surface area contributed by atoms with Crippen LogP contribution in [0.3, 0.4) is 0 Å². The Bertz CT molecular complexity index is 1650. The Balaban J connectivity index is 1.53. The number of aliphatic hydroxyl groups excluding tert-OH is 1. The molecule has 0 unspecified atom stereocenters. The number of imidazole rings is 1. The zero-order valence-corrected chi connectivity index (χ0v) is 22.5. The van der Waals surface area contributed by atoms with Gasteiger partial charge in [0.25, 0.3) is 9.84 Å². The van der Waals surface area contributed by atoms with Gasteiger partial charge >= 0.3 is 23.0 Å². The quantitative estimate of drug-likeness (QED) is 0.216. The number of benzene rings is 3. The van der Waals surface area contributed by atoms with Crippen LogP contribution < -0.4 is 0 Å². The number of hydrogen-bond acceptors (Lipinski definition) is 11. The molecule has 1 aliphatic heterocycles. The van der Waals surface area contributed by atoms with Gasteiger partial charge in [-0.1, -0.05) is 54.6 Å². The molecule has 0 bridgehead atoms. The number of aromatic nitrogens is 2. The number of esters is 3. The first-order valence-electron chi connectivity index (χ1n) is 12.6. The van der Waals surface area contributed by atoms with Crippen molar-refractivity contribution in [2.75, 3.05) is 6.61 Å². The molecule has 1 fully saturated rings. The van der Waals surface area contributed by atoms with Crippen LogP contribution in [0.15, 0.2) is 109 Å². The number of carbonyl (C=O) groups excluding carboxylic acids is 3. The number of sulfone groups is 1. The average molecular weight is 593 g/mol. The fraction of sp³-hybridized carbons (Fsp3) is 0.172. The van der Waals surface area contributed by atoms with Gasteiger partial charge in [0.15, 0.2) is 12.2 Å². The van der Waals surface area contributed by atoms with E-state index in [0.29, 0.717) is 0 Å². The van der Waals surface area contributed by atoms with E-state index in [1.165, 1.54) is 54.7 Å². The van der Waals surface area contributed by atoms with Gasteiger partial charge in [0, 0.05) is 12.4 Å². The topological polar surface area (TPSA) is 171 Å². The smallest absolute Gasteiger partial charge is 0.355 e. The molecule has 0 spiro atoms. The van der Waals surface area contributed by atoms with Gasteiger partial charge in [0.1, 0.15) is 12.7 Å². The second-order valence-corrected chi connectivity index (χ2v) is 11.0. The molecule has 1 aliphatic rings. The second-order valence-electron chi connectivity index (χ2n) is 9.06. The molecule has 2 N–H and O–H groups in total. The molecule has 0 aliphatic carbocycles. The van der Waals surface area contributed by atoms with Crippen molar-refractivity contribution in [2.24, 2.45) is 0 Å². The highest BCUT2D eigenvalue weighted by Crippen LogP contribution is 2.42. The van der Waals surface area contributed by atoms with E-state index in [2.05, 4.69) is 9.97 Å². The van der Waals surface area contributed by atoms with Crippen LogP contribution >= 0.6 is 0 Å². The van der Waals surface area contributed by atoms with Crippen LogP contribution in [0.2, 0.25) is 0 Å². The van der Waals surface area contributed by atoms with Crippen LogP contribution in [-0.4, -0.2) is 71.4 Å². The summed E-state index contributed by atoms with van der Waals surface area (Å²) in [5, 5.41) is 7.68. The molecule has 0 radical (unpaired) electrons. The molecule has 3 aromatic carbocycles. The van der Waals surface area contributed by atoms with E-state index in [4.69, 9.17) is 18.9 Å². The second kappa shape index (κ2) is 11.9. The number of ether oxygens (including phenoxy) is 4. The Labute approximate surface area is 239 Å². The lowest BCUT2D eigenvalue weighted by molar-refractivity contribution is -0.172. The predicted octanol–water partition coefficient (Wildman–Crippen LogP) is 2.54. The molecule has 13 heteroatoms. The molecular formula is C29H24N2O10S. The summed E-state index contributed by atoms with van der Waals surface area (Å²) in [7, 11) is -4.98. The van der Waals surface area contributed by atoms with E-state index in [1.54, 1.807) is 42.5 Å². The highest BCUT2D eigenvalue weighted by Gasteiger charge is 2.68. The number of nitrogens with zero attached hydrogens (tertiary/aromatic N) is 1. The summed E-state index contributed by atoms with van der Waals surface area (Å²) in [5.41, 5.74) is 0.204. The first-order valence-corrected chi connectivity index (χ1v) is 14.1. The Kier molecular flexibility index (Phi) is 8.15. The number of hydrogen-bond donors (Lipinski definition) is 2. The summed E-state index contributed by atoms with van der Waals surface area (Å²) in [6.07, 6.45) is -3.36. The standard InChI is InChI=1S/C29H24N2O10S/c32-24-23(39-26(34)20-12-6-2-7-13-20)22(18-38-25(33)19-10-4-1-5-11-19)40-29(24,42(36,37)28-30-16-17-31-28)41-27(35)21-14-8-3-9-15-21/h1-17,22-24,32H,18H2,(H,30,31)/t22-,23-,24-,29+/m1/s1. The van der Waals surface area contributed by atoms with Crippen molar-refractivity contribution < 1.29 is 46.9 Å². The van der Waals surface area contributed by atoms with E-state index >= 15 is 0 Å². The number of nitrogens with one attached hydrogen (secondary N) is 1. The first-order chi connectivity index (χ1) is 20.2. The van der Waals surface area contributed by atoms with Crippen molar-refractivity contribution in [3.05, 3.63) is 120 Å². The number of aromatic amines is 1. The van der Waals surface area contributed by atoms with Gasteiger partial charge in [-0.15, -0.1) is 0 Å². The molecule has 5 rings (SSSR count). The number of carbonyl (C=O) groups is 3. The van der Waals surface area contributed by atoms with Crippen molar-refractivity contribution >= 4 is 27.7 Å². The van der Waals surface area contributed by atoms with Crippen molar-refractivity contribution in [3.8, 4) is 0 Å². The molecule has 4 atom stereocenters. The van der Waals surface area contributed by atoms with Gasteiger partial charge in [0.2, 0.25) is 5.16 Å². The minimum absolute atomic E-state index is 0.0564. The molecule has 0 amide bonds. The third kappa shape index (κ3) is 5.52. The van der Waals surface area contributed by atoms with Crippen LogP contribution in [-0.2, 0) is 28.8 Å². The first kappa shape index (κ1) is 28.7. The molecule has 42 heavy (non-hydrogen) atoms. The fourth-order valence-corrected chi connectivity index (χ4v) is 5.84. The molecule has 1 saturated heterocycles. The summed E-state index contributed by atoms with van der Waals surface area (Å²) < 4.78 is 49.9. The van der Waals surface area contributed by atoms with Gasteiger partial charge in [0.05, 0.1) is 16.7 Å². The van der Waals surface area contributed by atoms with E-state index in [0.717, 1.165) is 6.20 Å². The Morgan fingerprint density at radius 1 is 0.833 bits per heavy atom. The maximum absolute atomic E-state index is 13.9. The number of aliphatic hydroxyl groups is 1. The van der Waals surface area contributed by atoms with Crippen LogP contribution in [0, 0.1) is 0 Å². The fourth-order valence-electron chi connectivity index (χ4n) is 4.26. The van der Waals surface area contributed by atoms with Gasteiger partial charge in [-0.3, -0.25) is 0 Å². The largest absolute Gasteiger partial charge is 0.459 e. The molecule has 216 valence electrons. The molecule has 12 nitrogen and oxygen atoms in total. The third-order valence-corrected chi connectivity index (χ3v) is 8.25. The van der Waals surface area contributed by atoms with Gasteiger partial charge < -0.3 is 29.0 Å². The van der Waals surface area contributed by atoms with E-state index in [1.807, 2.05) is 0 Å². The lowest BCUT2D eigenvalue weighted by Crippen LogP contribution is -2.53. The lowest BCUT2D eigenvalue weighted by Gasteiger charge is -2.30. The number of H-pyrrole nitrogens is 1. The third-order valence-electron chi connectivity index (χ3n) is 6.34. The van der Waals surface area contributed by atoms with Crippen LogP contribution in [0.1, 0.15) is 31.1 Å². The Morgan fingerprint density at radius 2 is 1.36 bits per heavy atom. The van der Waals surface area contributed by atoms with Crippen LogP contribution in [0.25, 0.3) is 0 Å². The summed E-state index contributed by atoms with van der Waals surface area (Å²) in [5.74, 6) is -2.91. The lowest BCUT2D eigenvalue weighted by atomic mass is 10.1. The monoisotopic (exact) mass is 592 g/mol. The summed E-state index contributed by atoms with van der Waals surface area (Å²) in [6, 6.07) is 23.0. The van der Waals surface area contributed by atoms with Gasteiger partial charge in [-0.05, 0) is 36.4 Å². The van der Waals surface area contributed by atoms with Crippen LogP contribution in [0.5, 0.6) is 0 Å². The predicted molar refractivity (Wildman–Crippen MR) is 144 cm³/mol. The summed E-state index contributed by atoms with van der Waals surface area (Å²) >= 11 is 0. The highest BCUT2D eigenvalue weighted by molar-refractivity contribution is 7.92. The normalized spacial score (nSPS) is 21.8. The number of rotatable bonds is 9. The zero-order valence-electron chi connectivity index (χ0n) is 21.7. The Morgan fingerprint density at radius 3 is 1.88 bits per heavy atom. The maximum Gasteiger partial charge on any atom is 0.355 e. The molecular weight excluding hydrogens is 568 g/mol. The van der Waals surface area contributed by atoms with Crippen molar-refractivity contribution in [2.45, 2.75) is 28.6 Å². The minimum Gasteiger partial charge on any atom is -0.459 e. The van der Waals surface area contributed by atoms with E-state index < -0.39 is 62.9 Å². The van der Waals surface area contributed by atoms with Crippen molar-refractivity contribution in [1.82, 2.24) is 9.97 Å². The minimum atomic E-state index is -4.98. The van der Waals surface area contributed by atoms with Crippen molar-refractivity contribution in [1.29, 1.82) is 0 Å². The SMILES string of the molecule is O=C(OC[C@H]1O[C@@](OC(=O)c2ccccc2)(S(=O)(=O)c2ncc[nH]2)[C@H](O)[C@@H]1OC(=O)c1ccccc1)c1ccccc1.